The van der Waals surface area contributed by atoms with Gasteiger partial charge in [-0.1, -0.05) is 0 Å². The van der Waals surface area contributed by atoms with Gasteiger partial charge in [0.05, 0.1) is 11.8 Å². The molecule has 0 aromatic carbocycles. The summed E-state index contributed by atoms with van der Waals surface area (Å²) in [6.45, 7) is 2.12. The Hall–Kier alpha value is -1.32. The van der Waals surface area contributed by atoms with Crippen molar-refractivity contribution in [3.05, 3.63) is 18.0 Å². The van der Waals surface area contributed by atoms with Crippen LogP contribution in [0.3, 0.4) is 0 Å². The van der Waals surface area contributed by atoms with Gasteiger partial charge >= 0.3 is 0 Å². The van der Waals surface area contributed by atoms with Crippen molar-refractivity contribution in [2.75, 3.05) is 7.05 Å². The average Bonchev–Trinajstić information content (AvgIpc) is 2.98. The van der Waals surface area contributed by atoms with Crippen molar-refractivity contribution in [1.82, 2.24) is 14.7 Å². The molecule has 4 nitrogen and oxygen atoms in total. The zero-order valence-electron chi connectivity index (χ0n) is 9.47. The highest BCUT2D eigenvalue weighted by Crippen LogP contribution is 2.34. The summed E-state index contributed by atoms with van der Waals surface area (Å²) in [6, 6.07) is 0.345. The summed E-state index contributed by atoms with van der Waals surface area (Å²) in [5.41, 5.74) is 0.674. The molecule has 15 heavy (non-hydrogen) atoms. The van der Waals surface area contributed by atoms with Crippen molar-refractivity contribution in [3.8, 4) is 0 Å². The summed E-state index contributed by atoms with van der Waals surface area (Å²) in [7, 11) is 3.69. The van der Waals surface area contributed by atoms with Crippen LogP contribution in [0.15, 0.2) is 12.4 Å². The fourth-order valence-electron chi connectivity index (χ4n) is 1.82. The number of rotatable bonds is 3. The van der Waals surface area contributed by atoms with E-state index in [0.29, 0.717) is 17.5 Å². The van der Waals surface area contributed by atoms with Gasteiger partial charge < -0.3 is 4.90 Å². The van der Waals surface area contributed by atoms with Crippen LogP contribution >= 0.6 is 0 Å². The maximum absolute atomic E-state index is 12.0. The summed E-state index contributed by atoms with van der Waals surface area (Å²) in [4.78, 5) is 13.8. The molecule has 1 aromatic rings. The summed E-state index contributed by atoms with van der Waals surface area (Å²) in [5, 5.41) is 4.01. The summed E-state index contributed by atoms with van der Waals surface area (Å²) < 4.78 is 1.66. The first-order chi connectivity index (χ1) is 7.09. The zero-order valence-corrected chi connectivity index (χ0v) is 9.47. The maximum atomic E-state index is 12.0. The molecule has 0 spiro atoms. The lowest BCUT2D eigenvalue weighted by atomic mass is 10.1. The first kappa shape index (κ1) is 10.2. The number of aryl methyl sites for hydroxylation is 1. The second-order valence-corrected chi connectivity index (χ2v) is 4.40. The summed E-state index contributed by atoms with van der Waals surface area (Å²) in [5.74, 6) is 0.776. The summed E-state index contributed by atoms with van der Waals surface area (Å²) in [6.07, 6.45) is 5.90. The van der Waals surface area contributed by atoms with E-state index in [2.05, 4.69) is 12.0 Å². The fourth-order valence-corrected chi connectivity index (χ4v) is 1.82. The van der Waals surface area contributed by atoms with Crippen LogP contribution in [0.2, 0.25) is 0 Å². The Bertz CT molecular complexity index is 368. The molecule has 0 aliphatic heterocycles. The van der Waals surface area contributed by atoms with Gasteiger partial charge in [0.25, 0.3) is 5.91 Å². The third-order valence-electron chi connectivity index (χ3n) is 3.19. The second kappa shape index (κ2) is 3.68. The number of nitrogens with zero attached hydrogens (tertiary/aromatic N) is 3. The van der Waals surface area contributed by atoms with Gasteiger partial charge in [0, 0.05) is 26.3 Å². The monoisotopic (exact) mass is 207 g/mol. The third-order valence-corrected chi connectivity index (χ3v) is 3.19. The second-order valence-electron chi connectivity index (χ2n) is 4.40. The molecule has 1 unspecified atom stereocenters. The lowest BCUT2D eigenvalue weighted by Gasteiger charge is -2.24. The molecule has 1 heterocycles. The van der Waals surface area contributed by atoms with Gasteiger partial charge in [-0.15, -0.1) is 0 Å². The number of carbonyl (C=O) groups is 1. The molecule has 1 aliphatic rings. The van der Waals surface area contributed by atoms with Crippen molar-refractivity contribution in [3.63, 3.8) is 0 Å². The molecule has 1 aliphatic carbocycles. The Morgan fingerprint density at radius 3 is 2.80 bits per heavy atom. The Labute approximate surface area is 89.9 Å². The lowest BCUT2D eigenvalue weighted by molar-refractivity contribution is 0.0727. The summed E-state index contributed by atoms with van der Waals surface area (Å²) >= 11 is 0. The lowest BCUT2D eigenvalue weighted by Crippen LogP contribution is -2.36. The highest BCUT2D eigenvalue weighted by molar-refractivity contribution is 5.93. The molecule has 2 rings (SSSR count). The molecule has 1 saturated carbocycles. The van der Waals surface area contributed by atoms with Gasteiger partial charge in [0.15, 0.2) is 0 Å². The van der Waals surface area contributed by atoms with E-state index in [0.717, 1.165) is 0 Å². The standard InChI is InChI=1S/C11H17N3O/c1-8(9-4-5-9)14(3)11(15)10-6-12-13(2)7-10/h6-9H,4-5H2,1-3H3. The van der Waals surface area contributed by atoms with Crippen LogP contribution in [-0.4, -0.2) is 33.7 Å². The normalized spacial score (nSPS) is 17.5. The predicted molar refractivity (Wildman–Crippen MR) is 57.5 cm³/mol. The van der Waals surface area contributed by atoms with Crippen molar-refractivity contribution < 1.29 is 4.79 Å². The Morgan fingerprint density at radius 2 is 2.33 bits per heavy atom. The highest BCUT2D eigenvalue weighted by atomic mass is 16.2. The molecule has 0 N–H and O–H groups in total. The SMILES string of the molecule is CC(C1CC1)N(C)C(=O)c1cnn(C)c1. The van der Waals surface area contributed by atoms with E-state index >= 15 is 0 Å². The number of amides is 1. The molecular weight excluding hydrogens is 190 g/mol. The van der Waals surface area contributed by atoms with Crippen molar-refractivity contribution in [2.24, 2.45) is 13.0 Å². The van der Waals surface area contributed by atoms with E-state index in [9.17, 15) is 4.79 Å². The Morgan fingerprint density at radius 1 is 1.67 bits per heavy atom. The van der Waals surface area contributed by atoms with Crippen LogP contribution in [0, 0.1) is 5.92 Å². The van der Waals surface area contributed by atoms with Gasteiger partial charge in [0.1, 0.15) is 0 Å². The van der Waals surface area contributed by atoms with E-state index < -0.39 is 0 Å². The number of hydrogen-bond acceptors (Lipinski definition) is 2. The minimum atomic E-state index is 0.0718. The van der Waals surface area contributed by atoms with Crippen molar-refractivity contribution >= 4 is 5.91 Å². The largest absolute Gasteiger partial charge is 0.339 e. The van der Waals surface area contributed by atoms with Crippen LogP contribution in [0.25, 0.3) is 0 Å². The minimum Gasteiger partial charge on any atom is -0.339 e. The molecule has 4 heteroatoms. The zero-order chi connectivity index (χ0) is 11.0. The van der Waals surface area contributed by atoms with Gasteiger partial charge in [0.2, 0.25) is 0 Å². The molecule has 1 amide bonds. The highest BCUT2D eigenvalue weighted by Gasteiger charge is 2.32. The Kier molecular flexibility index (Phi) is 2.50. The van der Waals surface area contributed by atoms with Gasteiger partial charge in [-0.05, 0) is 25.7 Å². The van der Waals surface area contributed by atoms with E-state index in [1.54, 1.807) is 17.1 Å². The molecule has 1 aromatic heterocycles. The van der Waals surface area contributed by atoms with Crippen molar-refractivity contribution in [1.29, 1.82) is 0 Å². The van der Waals surface area contributed by atoms with Crippen LogP contribution in [0.1, 0.15) is 30.1 Å². The topological polar surface area (TPSA) is 38.1 Å². The average molecular weight is 207 g/mol. The van der Waals surface area contributed by atoms with Crippen LogP contribution in [0.4, 0.5) is 0 Å². The first-order valence-electron chi connectivity index (χ1n) is 5.35. The molecule has 82 valence electrons. The number of aromatic nitrogens is 2. The third kappa shape index (κ3) is 2.03. The Balaban J connectivity index is 2.06. The molecule has 1 fully saturated rings. The molecule has 1 atom stereocenters. The van der Waals surface area contributed by atoms with E-state index in [1.165, 1.54) is 12.8 Å². The van der Waals surface area contributed by atoms with E-state index in [4.69, 9.17) is 0 Å². The van der Waals surface area contributed by atoms with Gasteiger partial charge in [-0.25, -0.2) is 0 Å². The van der Waals surface area contributed by atoms with Crippen LogP contribution in [0.5, 0.6) is 0 Å². The first-order valence-corrected chi connectivity index (χ1v) is 5.35. The number of hydrogen-bond donors (Lipinski definition) is 0. The van der Waals surface area contributed by atoms with Gasteiger partial charge in [-0.2, -0.15) is 5.10 Å². The van der Waals surface area contributed by atoms with Gasteiger partial charge in [-0.3, -0.25) is 9.48 Å². The smallest absolute Gasteiger partial charge is 0.257 e. The molecule has 0 bridgehead atoms. The van der Waals surface area contributed by atoms with Crippen LogP contribution in [-0.2, 0) is 7.05 Å². The van der Waals surface area contributed by atoms with Crippen LogP contribution < -0.4 is 0 Å². The quantitative estimate of drug-likeness (QED) is 0.749. The minimum absolute atomic E-state index is 0.0718. The maximum Gasteiger partial charge on any atom is 0.257 e. The number of carbonyl (C=O) groups excluding carboxylic acids is 1. The molecule has 0 radical (unpaired) electrons. The van der Waals surface area contributed by atoms with E-state index in [1.807, 2.05) is 19.0 Å². The molecule has 0 saturated heterocycles. The molecular formula is C11H17N3O. The fraction of sp³-hybridized carbons (Fsp3) is 0.636. The van der Waals surface area contributed by atoms with Crippen molar-refractivity contribution in [2.45, 2.75) is 25.8 Å². The predicted octanol–water partition coefficient (Wildman–Crippen LogP) is 1.29. The van der Waals surface area contributed by atoms with E-state index in [-0.39, 0.29) is 5.91 Å².